The molecule has 184 valence electrons. The van der Waals surface area contributed by atoms with Gasteiger partial charge in [0.2, 0.25) is 0 Å². The van der Waals surface area contributed by atoms with Crippen molar-refractivity contribution in [3.8, 4) is 0 Å². The van der Waals surface area contributed by atoms with Crippen molar-refractivity contribution >= 4 is 7.60 Å². The van der Waals surface area contributed by atoms with Gasteiger partial charge in [-0.25, -0.2) is 4.98 Å². The predicted molar refractivity (Wildman–Crippen MR) is 119 cm³/mol. The topological polar surface area (TPSA) is 140 Å². The van der Waals surface area contributed by atoms with E-state index in [1.807, 2.05) is 6.92 Å². The third-order valence-corrected chi connectivity index (χ3v) is 8.98. The third kappa shape index (κ3) is 5.17. The monoisotopic (exact) mass is 476 g/mol. The van der Waals surface area contributed by atoms with Crippen LogP contribution in [0, 0.1) is 13.8 Å². The predicted octanol–water partition coefficient (Wildman–Crippen LogP) is 2.74. The SMILES string of the molecule is CCC(C)(CC1OC(c2nc(C)c(=O)[nH]c2C)C(OC)C1O)OP(=O)(O)C(C)(CC)OC. The van der Waals surface area contributed by atoms with Crippen LogP contribution in [0.3, 0.4) is 0 Å². The smallest absolute Gasteiger partial charge is 0.359 e. The van der Waals surface area contributed by atoms with E-state index in [0.717, 1.165) is 0 Å². The van der Waals surface area contributed by atoms with Crippen molar-refractivity contribution in [1.29, 1.82) is 0 Å². The summed E-state index contributed by atoms with van der Waals surface area (Å²) in [4.78, 5) is 29.7. The van der Waals surface area contributed by atoms with Gasteiger partial charge >= 0.3 is 7.60 Å². The lowest BCUT2D eigenvalue weighted by molar-refractivity contribution is -0.0565. The van der Waals surface area contributed by atoms with Crippen molar-refractivity contribution in [1.82, 2.24) is 9.97 Å². The van der Waals surface area contributed by atoms with Crippen LogP contribution >= 0.6 is 7.60 Å². The van der Waals surface area contributed by atoms with Gasteiger partial charge in [-0.05, 0) is 40.5 Å². The van der Waals surface area contributed by atoms with E-state index in [9.17, 15) is 19.4 Å². The molecule has 0 radical (unpaired) electrons. The van der Waals surface area contributed by atoms with Crippen LogP contribution in [0.4, 0.5) is 0 Å². The summed E-state index contributed by atoms with van der Waals surface area (Å²) in [7, 11) is -1.35. The lowest BCUT2D eigenvalue weighted by atomic mass is 9.92. The number of rotatable bonds is 10. The highest BCUT2D eigenvalue weighted by molar-refractivity contribution is 7.54. The molecular formula is C21H37N2O8P. The molecular weight excluding hydrogens is 439 g/mol. The van der Waals surface area contributed by atoms with Crippen molar-refractivity contribution in [2.24, 2.45) is 0 Å². The lowest BCUT2D eigenvalue weighted by Gasteiger charge is -2.39. The van der Waals surface area contributed by atoms with E-state index in [-0.39, 0.29) is 24.1 Å². The van der Waals surface area contributed by atoms with Crippen LogP contribution in [0.1, 0.15) is 70.1 Å². The van der Waals surface area contributed by atoms with Gasteiger partial charge in [0.25, 0.3) is 5.56 Å². The van der Waals surface area contributed by atoms with Gasteiger partial charge in [0, 0.05) is 26.3 Å². The molecule has 0 saturated carbocycles. The molecule has 1 aliphatic rings. The zero-order chi connectivity index (χ0) is 24.5. The van der Waals surface area contributed by atoms with E-state index < -0.39 is 43.0 Å². The minimum Gasteiger partial charge on any atom is -0.388 e. The molecule has 32 heavy (non-hydrogen) atoms. The first kappa shape index (κ1) is 27.1. The summed E-state index contributed by atoms with van der Waals surface area (Å²) in [5.41, 5.74) is -0.0999. The van der Waals surface area contributed by atoms with Crippen molar-refractivity contribution in [2.45, 2.75) is 96.2 Å². The van der Waals surface area contributed by atoms with Gasteiger partial charge < -0.3 is 33.7 Å². The maximum absolute atomic E-state index is 13.1. The second-order valence-electron chi connectivity index (χ2n) is 8.80. The van der Waals surface area contributed by atoms with Crippen molar-refractivity contribution in [2.75, 3.05) is 14.2 Å². The van der Waals surface area contributed by atoms with E-state index in [4.69, 9.17) is 18.7 Å². The van der Waals surface area contributed by atoms with Crippen LogP contribution < -0.4 is 5.56 Å². The largest absolute Gasteiger partial charge is 0.388 e. The maximum atomic E-state index is 13.1. The maximum Gasteiger partial charge on any atom is 0.359 e. The fourth-order valence-corrected chi connectivity index (χ4v) is 5.46. The summed E-state index contributed by atoms with van der Waals surface area (Å²) in [5.74, 6) is 0. The quantitative estimate of drug-likeness (QED) is 0.435. The Bertz CT molecular complexity index is 902. The number of nitrogens with one attached hydrogen (secondary N) is 1. The molecule has 0 spiro atoms. The molecule has 1 aromatic rings. The average molecular weight is 477 g/mol. The van der Waals surface area contributed by atoms with E-state index in [0.29, 0.717) is 17.8 Å². The van der Waals surface area contributed by atoms with Gasteiger partial charge in [0.15, 0.2) is 5.34 Å². The number of hydrogen-bond donors (Lipinski definition) is 3. The fourth-order valence-electron chi connectivity index (χ4n) is 3.83. The van der Waals surface area contributed by atoms with Gasteiger partial charge in [-0.15, -0.1) is 0 Å². The number of H-pyrrole nitrogens is 1. The average Bonchev–Trinajstić information content (AvgIpc) is 3.04. The number of aliphatic hydroxyl groups excluding tert-OH is 1. The summed E-state index contributed by atoms with van der Waals surface area (Å²) in [6.45, 7) is 10.1. The Morgan fingerprint density at radius 2 is 1.84 bits per heavy atom. The first-order chi connectivity index (χ1) is 14.8. The summed E-state index contributed by atoms with van der Waals surface area (Å²) in [6, 6.07) is 0. The summed E-state index contributed by atoms with van der Waals surface area (Å²) in [6.07, 6.45) is -2.44. The minimum atomic E-state index is -4.19. The molecule has 10 nitrogen and oxygen atoms in total. The fraction of sp³-hybridized carbons (Fsp3) is 0.810. The normalized spacial score (nSPS) is 29.3. The summed E-state index contributed by atoms with van der Waals surface area (Å²) >= 11 is 0. The highest BCUT2D eigenvalue weighted by Gasteiger charge is 2.52. The Labute approximate surface area is 189 Å². The third-order valence-electron chi connectivity index (χ3n) is 6.60. The summed E-state index contributed by atoms with van der Waals surface area (Å²) < 4.78 is 35.8. The highest BCUT2D eigenvalue weighted by atomic mass is 31.2. The van der Waals surface area contributed by atoms with E-state index in [1.54, 1.807) is 27.7 Å². The molecule has 0 bridgehead atoms. The van der Waals surface area contributed by atoms with Crippen LogP contribution in [0.15, 0.2) is 4.79 Å². The Hall–Kier alpha value is -1.13. The van der Waals surface area contributed by atoms with Crippen molar-refractivity contribution in [3.05, 3.63) is 27.4 Å². The Morgan fingerprint density at radius 3 is 2.34 bits per heavy atom. The molecule has 1 aromatic heterocycles. The molecule has 0 aliphatic carbocycles. The molecule has 1 aliphatic heterocycles. The molecule has 3 N–H and O–H groups in total. The zero-order valence-electron chi connectivity index (χ0n) is 20.2. The number of methoxy groups -OCH3 is 2. The number of aromatic amines is 1. The molecule has 7 atom stereocenters. The van der Waals surface area contributed by atoms with Crippen LogP contribution in [-0.4, -0.2) is 63.4 Å². The summed E-state index contributed by atoms with van der Waals surface area (Å²) in [5, 5.41) is 9.59. The Morgan fingerprint density at radius 1 is 1.22 bits per heavy atom. The van der Waals surface area contributed by atoms with Crippen molar-refractivity contribution < 1.29 is 33.3 Å². The molecule has 0 amide bonds. The van der Waals surface area contributed by atoms with Gasteiger partial charge in [-0.1, -0.05) is 13.8 Å². The van der Waals surface area contributed by atoms with Crippen LogP contribution in [0.2, 0.25) is 0 Å². The first-order valence-corrected chi connectivity index (χ1v) is 12.4. The Kier molecular flexibility index (Phi) is 8.48. The van der Waals surface area contributed by atoms with Gasteiger partial charge in [0.1, 0.15) is 24.0 Å². The standard InChI is InChI=1S/C21H37N2O8P/c1-9-20(5,31-32(26,27)21(6,10-2)29-8)11-14-16(24)18(28-7)17(30-14)15-12(3)23-19(25)13(4)22-15/h14,16-18,24H,9-11H2,1-8H3,(H,23,25)(H,26,27). The number of nitrogens with zero attached hydrogens (tertiary/aromatic N) is 1. The van der Waals surface area contributed by atoms with Gasteiger partial charge in [-0.2, -0.15) is 0 Å². The molecule has 11 heteroatoms. The van der Waals surface area contributed by atoms with Gasteiger partial charge in [-0.3, -0.25) is 9.36 Å². The van der Waals surface area contributed by atoms with E-state index >= 15 is 0 Å². The van der Waals surface area contributed by atoms with E-state index in [1.165, 1.54) is 21.1 Å². The minimum absolute atomic E-state index is 0.135. The Balaban J connectivity index is 2.32. The second kappa shape index (κ2) is 10.0. The van der Waals surface area contributed by atoms with Crippen LogP contribution in [0.5, 0.6) is 0 Å². The lowest BCUT2D eigenvalue weighted by Crippen LogP contribution is -2.40. The highest BCUT2D eigenvalue weighted by Crippen LogP contribution is 2.60. The molecule has 7 unspecified atom stereocenters. The molecule has 1 fully saturated rings. The molecule has 0 aromatic carbocycles. The number of aryl methyl sites for hydroxylation is 2. The van der Waals surface area contributed by atoms with Crippen LogP contribution in [0.25, 0.3) is 0 Å². The van der Waals surface area contributed by atoms with E-state index in [2.05, 4.69) is 9.97 Å². The molecule has 1 saturated heterocycles. The second-order valence-corrected chi connectivity index (χ2v) is 11.0. The zero-order valence-corrected chi connectivity index (χ0v) is 21.1. The first-order valence-electron chi connectivity index (χ1n) is 10.8. The number of aliphatic hydroxyl groups is 1. The molecule has 2 rings (SSSR count). The number of aromatic nitrogens is 2. The van der Waals surface area contributed by atoms with Crippen molar-refractivity contribution in [3.63, 3.8) is 0 Å². The molecule has 2 heterocycles. The van der Waals surface area contributed by atoms with Gasteiger partial charge in [0.05, 0.1) is 17.4 Å². The number of ether oxygens (including phenoxy) is 3. The van der Waals surface area contributed by atoms with Crippen LogP contribution in [-0.2, 0) is 23.3 Å². The number of hydrogen-bond acceptors (Lipinski definition) is 8.